The summed E-state index contributed by atoms with van der Waals surface area (Å²) >= 11 is 0. The van der Waals surface area contributed by atoms with E-state index in [-0.39, 0.29) is 25.7 Å². The first-order valence-corrected chi connectivity index (χ1v) is 42.2. The summed E-state index contributed by atoms with van der Waals surface area (Å²) in [5, 5.41) is 10.6. The third kappa shape index (κ3) is 70.3. The molecule has 5 atom stereocenters. The first kappa shape index (κ1) is 93.1. The van der Waals surface area contributed by atoms with Crippen LogP contribution < -0.4 is 0 Å². The second kappa shape index (κ2) is 65.4. The van der Waals surface area contributed by atoms with Crippen molar-refractivity contribution in [1.29, 1.82) is 0 Å². The topological polar surface area (TPSA) is 237 Å². The second-order valence-corrected chi connectivity index (χ2v) is 32.2. The number of aliphatic hydroxyl groups excluding tert-OH is 1. The van der Waals surface area contributed by atoms with E-state index < -0.39 is 97.5 Å². The van der Waals surface area contributed by atoms with Crippen LogP contribution in [0.5, 0.6) is 0 Å². The zero-order chi connectivity index (χ0) is 70.3. The Morgan fingerprint density at radius 2 is 0.442 bits per heavy atom. The standard InChI is InChI=1S/C76H148O17P2/c1-66(2)52-44-36-28-22-17-13-10-9-11-15-19-25-32-42-50-58-75(80)92-71(62-86-73(78)56-48-40-31-27-21-24-30-38-46-54-68(5)6)64-90-94(82,83)88-60-70(77)61-89-95(84,85)91-65-72(63-87-74(79)57-49-41-35-34-39-47-55-69(7)8)93-76(81)59-51-43-33-26-20-16-12-14-18-23-29-37-45-53-67(3)4/h66-72,77H,9-65H2,1-8H3,(H,82,83)(H,84,85)/t70-,71-,72-/m1/s1. The number of esters is 4. The molecule has 0 radical (unpaired) electrons. The highest BCUT2D eigenvalue weighted by atomic mass is 31.2. The zero-order valence-electron chi connectivity index (χ0n) is 62.3. The van der Waals surface area contributed by atoms with E-state index in [2.05, 4.69) is 55.4 Å². The molecule has 0 saturated carbocycles. The molecule has 0 spiro atoms. The normalized spacial score (nSPS) is 14.1. The predicted molar refractivity (Wildman–Crippen MR) is 386 cm³/mol. The molecule has 0 amide bonds. The van der Waals surface area contributed by atoms with Gasteiger partial charge in [-0.05, 0) is 49.4 Å². The molecule has 3 N–H and O–H groups in total. The van der Waals surface area contributed by atoms with Crippen LogP contribution in [-0.2, 0) is 65.4 Å². The molecule has 0 aromatic heterocycles. The van der Waals surface area contributed by atoms with Gasteiger partial charge in [0.15, 0.2) is 12.2 Å². The summed E-state index contributed by atoms with van der Waals surface area (Å²) in [5.41, 5.74) is 0. The van der Waals surface area contributed by atoms with E-state index in [1.807, 2.05) is 0 Å². The second-order valence-electron chi connectivity index (χ2n) is 29.3. The fraction of sp³-hybridized carbons (Fsp3) is 0.947. The average Bonchev–Trinajstić information content (AvgIpc) is 1.60. The van der Waals surface area contributed by atoms with E-state index in [0.29, 0.717) is 31.6 Å². The zero-order valence-corrected chi connectivity index (χ0v) is 64.1. The van der Waals surface area contributed by atoms with Crippen molar-refractivity contribution >= 4 is 39.5 Å². The van der Waals surface area contributed by atoms with Crippen LogP contribution in [0.15, 0.2) is 0 Å². The number of phosphoric acid groups is 2. The molecule has 0 aromatic rings. The van der Waals surface area contributed by atoms with Crippen LogP contribution in [0.4, 0.5) is 0 Å². The van der Waals surface area contributed by atoms with Crippen molar-refractivity contribution in [2.45, 2.75) is 401 Å². The SMILES string of the molecule is CC(C)CCCCCCCCCCCCCCCCCC(=O)O[C@H](COC(=O)CCCCCCCCCCCC(C)C)COP(=O)(O)OC[C@@H](O)COP(=O)(O)OC[C@@H](COC(=O)CCCCCCCCC(C)C)OC(=O)CCCCCCCCCCCCCCCC(C)C. The van der Waals surface area contributed by atoms with Gasteiger partial charge in [-0.2, -0.15) is 0 Å². The monoisotopic (exact) mass is 1400 g/mol. The largest absolute Gasteiger partial charge is 0.472 e. The van der Waals surface area contributed by atoms with Gasteiger partial charge < -0.3 is 33.8 Å². The Balaban J connectivity index is 5.22. The van der Waals surface area contributed by atoms with Crippen molar-refractivity contribution in [3.8, 4) is 0 Å². The van der Waals surface area contributed by atoms with Gasteiger partial charge in [-0.1, -0.05) is 331 Å². The summed E-state index contributed by atoms with van der Waals surface area (Å²) in [6, 6.07) is 0. The number of rotatable bonds is 73. The van der Waals surface area contributed by atoms with E-state index in [1.165, 1.54) is 180 Å². The molecule has 0 bridgehead atoms. The minimum atomic E-state index is -4.96. The van der Waals surface area contributed by atoms with Crippen molar-refractivity contribution < 1.29 is 80.2 Å². The van der Waals surface area contributed by atoms with E-state index in [9.17, 15) is 43.2 Å². The fourth-order valence-corrected chi connectivity index (χ4v) is 13.1. The molecule has 564 valence electrons. The van der Waals surface area contributed by atoms with Gasteiger partial charge in [0.2, 0.25) is 0 Å². The molecular weight excluding hydrogens is 1250 g/mol. The van der Waals surface area contributed by atoms with Crippen LogP contribution in [-0.4, -0.2) is 96.7 Å². The molecule has 0 aliphatic rings. The first-order chi connectivity index (χ1) is 45.6. The molecule has 0 rings (SSSR count). The third-order valence-corrected chi connectivity index (χ3v) is 19.5. The van der Waals surface area contributed by atoms with Gasteiger partial charge in [-0.15, -0.1) is 0 Å². The van der Waals surface area contributed by atoms with Crippen molar-refractivity contribution in [2.24, 2.45) is 23.7 Å². The molecule has 0 aromatic carbocycles. The third-order valence-electron chi connectivity index (χ3n) is 17.6. The van der Waals surface area contributed by atoms with Crippen LogP contribution in [0.2, 0.25) is 0 Å². The Morgan fingerprint density at radius 1 is 0.263 bits per heavy atom. The number of unbranched alkanes of at least 4 members (excludes halogenated alkanes) is 39. The summed E-state index contributed by atoms with van der Waals surface area (Å²) in [7, 11) is -9.91. The maximum Gasteiger partial charge on any atom is 0.472 e. The maximum atomic E-state index is 13.1. The molecule has 0 heterocycles. The van der Waals surface area contributed by atoms with Crippen LogP contribution in [0.25, 0.3) is 0 Å². The molecule has 95 heavy (non-hydrogen) atoms. The average molecular weight is 1400 g/mol. The van der Waals surface area contributed by atoms with Crippen LogP contribution in [0.3, 0.4) is 0 Å². The summed E-state index contributed by atoms with van der Waals surface area (Å²) in [6.45, 7) is 14.1. The van der Waals surface area contributed by atoms with Gasteiger partial charge in [0.1, 0.15) is 19.3 Å². The van der Waals surface area contributed by atoms with Crippen LogP contribution in [0, 0.1) is 23.7 Å². The van der Waals surface area contributed by atoms with Crippen LogP contribution >= 0.6 is 15.6 Å². The molecular formula is C76H148O17P2. The Hall–Kier alpha value is -1.94. The summed E-state index contributed by atoms with van der Waals surface area (Å²) in [4.78, 5) is 72.8. The van der Waals surface area contributed by atoms with Gasteiger partial charge in [0.25, 0.3) is 0 Å². The van der Waals surface area contributed by atoms with Crippen molar-refractivity contribution in [1.82, 2.24) is 0 Å². The van der Waals surface area contributed by atoms with Gasteiger partial charge in [0.05, 0.1) is 26.4 Å². The first-order valence-electron chi connectivity index (χ1n) is 39.2. The van der Waals surface area contributed by atoms with Crippen LogP contribution in [0.1, 0.15) is 383 Å². The number of hydrogen-bond donors (Lipinski definition) is 3. The summed E-state index contributed by atoms with van der Waals surface area (Å²) in [6.07, 6.45) is 50.1. The molecule has 0 aliphatic carbocycles. The van der Waals surface area contributed by atoms with E-state index in [1.54, 1.807) is 0 Å². The Labute approximate surface area is 581 Å². The lowest BCUT2D eigenvalue weighted by molar-refractivity contribution is -0.161. The van der Waals surface area contributed by atoms with E-state index >= 15 is 0 Å². The lowest BCUT2D eigenvalue weighted by Gasteiger charge is -2.21. The van der Waals surface area contributed by atoms with Crippen molar-refractivity contribution in [3.63, 3.8) is 0 Å². The number of aliphatic hydroxyl groups is 1. The molecule has 0 fully saturated rings. The fourth-order valence-electron chi connectivity index (χ4n) is 11.6. The number of hydrogen-bond acceptors (Lipinski definition) is 15. The van der Waals surface area contributed by atoms with Gasteiger partial charge in [0, 0.05) is 25.7 Å². The van der Waals surface area contributed by atoms with Crippen molar-refractivity contribution in [2.75, 3.05) is 39.6 Å². The highest BCUT2D eigenvalue weighted by molar-refractivity contribution is 7.47. The highest BCUT2D eigenvalue weighted by Gasteiger charge is 2.30. The highest BCUT2D eigenvalue weighted by Crippen LogP contribution is 2.45. The molecule has 19 heteroatoms. The molecule has 0 saturated heterocycles. The minimum absolute atomic E-state index is 0.106. The predicted octanol–water partition coefficient (Wildman–Crippen LogP) is 22.0. The summed E-state index contributed by atoms with van der Waals surface area (Å²) < 4.78 is 68.5. The van der Waals surface area contributed by atoms with Gasteiger partial charge in [-0.25, -0.2) is 9.13 Å². The van der Waals surface area contributed by atoms with Gasteiger partial charge >= 0.3 is 39.5 Å². The summed E-state index contributed by atoms with van der Waals surface area (Å²) in [5.74, 6) is 0.890. The number of ether oxygens (including phenoxy) is 4. The lowest BCUT2D eigenvalue weighted by Crippen LogP contribution is -2.30. The quantitative estimate of drug-likeness (QED) is 0.0222. The maximum absolute atomic E-state index is 13.1. The van der Waals surface area contributed by atoms with Gasteiger partial charge in [-0.3, -0.25) is 37.3 Å². The molecule has 0 aliphatic heterocycles. The Bertz CT molecular complexity index is 1870. The lowest BCUT2D eigenvalue weighted by atomic mass is 10.0. The number of carbonyl (C=O) groups is 4. The number of carbonyl (C=O) groups excluding carboxylic acids is 4. The smallest absolute Gasteiger partial charge is 0.462 e. The van der Waals surface area contributed by atoms with Crippen molar-refractivity contribution in [3.05, 3.63) is 0 Å². The van der Waals surface area contributed by atoms with E-state index in [0.717, 1.165) is 114 Å². The Kier molecular flexibility index (Phi) is 64.0. The molecule has 17 nitrogen and oxygen atoms in total. The molecule has 2 unspecified atom stereocenters. The van der Waals surface area contributed by atoms with E-state index in [4.69, 9.17) is 37.0 Å². The minimum Gasteiger partial charge on any atom is -0.462 e. The number of phosphoric ester groups is 2. The Morgan fingerprint density at radius 3 is 0.653 bits per heavy atom.